The van der Waals surface area contributed by atoms with Crippen LogP contribution in [0.15, 0.2) is 29.6 Å². The third-order valence-corrected chi connectivity index (χ3v) is 6.99. The molecule has 6 nitrogen and oxygen atoms in total. The second-order valence-corrected chi connectivity index (χ2v) is 9.17. The molecule has 172 valence electrons. The van der Waals surface area contributed by atoms with Crippen LogP contribution in [0.5, 0.6) is 0 Å². The Morgan fingerprint density at radius 3 is 2.38 bits per heavy atom. The molecule has 0 saturated carbocycles. The Balaban J connectivity index is 0.000000181. The molecule has 0 amide bonds. The van der Waals surface area contributed by atoms with Crippen molar-refractivity contribution in [3.8, 4) is 10.6 Å². The van der Waals surface area contributed by atoms with E-state index >= 15 is 0 Å². The van der Waals surface area contributed by atoms with Gasteiger partial charge in [-0.3, -0.25) is 0 Å². The third kappa shape index (κ3) is 5.64. The largest absolute Gasteiger partial charge is 0.416 e. The van der Waals surface area contributed by atoms with E-state index in [1.165, 1.54) is 23.5 Å². The molecule has 1 unspecified atom stereocenters. The molecule has 1 fully saturated rings. The van der Waals surface area contributed by atoms with E-state index in [0.29, 0.717) is 13.1 Å². The minimum absolute atomic E-state index is 0.0160. The van der Waals surface area contributed by atoms with Crippen LogP contribution < -0.4 is 10.2 Å². The summed E-state index contributed by atoms with van der Waals surface area (Å²) < 4.78 is 36.8. The molecular weight excluding hydrogens is 461 g/mol. The Bertz CT molecular complexity index is 1040. The summed E-state index contributed by atoms with van der Waals surface area (Å²) in [5.41, 5.74) is 1.93. The first-order chi connectivity index (χ1) is 15.1. The van der Waals surface area contributed by atoms with Crippen LogP contribution in [0.2, 0.25) is 0 Å². The maximum absolute atomic E-state index is 12.3. The summed E-state index contributed by atoms with van der Waals surface area (Å²) in [4.78, 5) is 22.0. The first-order valence-electron chi connectivity index (χ1n) is 9.79. The van der Waals surface area contributed by atoms with Gasteiger partial charge in [0.2, 0.25) is 0 Å². The monoisotopic (exact) mass is 484 g/mol. The number of benzene rings is 1. The van der Waals surface area contributed by atoms with Gasteiger partial charge < -0.3 is 20.1 Å². The van der Waals surface area contributed by atoms with Crippen molar-refractivity contribution in [1.29, 1.82) is 0 Å². The van der Waals surface area contributed by atoms with Crippen LogP contribution in [0, 0.1) is 12.8 Å². The summed E-state index contributed by atoms with van der Waals surface area (Å²) in [6.45, 7) is 4.85. The first kappa shape index (κ1) is 24.1. The standard InChI is InChI=1S/C11H10F3NO.C10H13N3OS2/c12-11(13,14)9-1-3-10(4-2-9)15-5-8(6-15)7-16;1-5-8(16-9(12-5)6(2)14)7-4-15-10(11-3)13-7/h1-4,7-8H,5-6H2;4,6,14H,1-3H3,(H,11,13). The van der Waals surface area contributed by atoms with Crippen molar-refractivity contribution in [3.05, 3.63) is 45.9 Å². The molecule has 1 aliphatic rings. The number of aldehydes is 1. The number of aryl methyl sites for hydroxylation is 1. The van der Waals surface area contributed by atoms with E-state index in [0.717, 1.165) is 50.5 Å². The SMILES string of the molecule is CNc1nc(-c2sc(C(C)O)nc2C)cs1.O=CC1CN(c2ccc(C(F)(F)F)cc2)C1. The van der Waals surface area contributed by atoms with Gasteiger partial charge in [0.25, 0.3) is 0 Å². The van der Waals surface area contributed by atoms with Gasteiger partial charge in [0, 0.05) is 37.1 Å². The Hall–Kier alpha value is -2.50. The van der Waals surface area contributed by atoms with Crippen molar-refractivity contribution >= 4 is 39.8 Å². The molecular formula is C21H23F3N4O2S2. The lowest BCUT2D eigenvalue weighted by Crippen LogP contribution is -2.47. The van der Waals surface area contributed by atoms with E-state index in [1.807, 2.05) is 24.3 Å². The Kier molecular flexibility index (Phi) is 7.52. The van der Waals surface area contributed by atoms with Crippen molar-refractivity contribution in [2.45, 2.75) is 26.1 Å². The number of nitrogens with one attached hydrogen (secondary N) is 1. The van der Waals surface area contributed by atoms with E-state index in [1.54, 1.807) is 18.3 Å². The normalized spacial score (nSPS) is 14.9. The molecule has 0 radical (unpaired) electrons. The van der Waals surface area contributed by atoms with Crippen molar-refractivity contribution in [1.82, 2.24) is 9.97 Å². The molecule has 0 spiro atoms. The number of aromatic nitrogens is 2. The van der Waals surface area contributed by atoms with Gasteiger partial charge in [0.1, 0.15) is 17.4 Å². The summed E-state index contributed by atoms with van der Waals surface area (Å²) in [6, 6.07) is 4.99. The van der Waals surface area contributed by atoms with E-state index in [2.05, 4.69) is 15.3 Å². The number of hydrogen-bond donors (Lipinski definition) is 2. The number of aliphatic hydroxyl groups is 1. The van der Waals surface area contributed by atoms with Gasteiger partial charge in [-0.15, -0.1) is 22.7 Å². The van der Waals surface area contributed by atoms with Gasteiger partial charge in [-0.1, -0.05) is 0 Å². The number of rotatable bonds is 5. The average Bonchev–Trinajstić information content (AvgIpc) is 3.34. The maximum atomic E-state index is 12.3. The summed E-state index contributed by atoms with van der Waals surface area (Å²) in [6.07, 6.45) is -3.93. The number of nitrogens with zero attached hydrogens (tertiary/aromatic N) is 3. The number of halogens is 3. The van der Waals surface area contributed by atoms with Crippen molar-refractivity contribution in [3.63, 3.8) is 0 Å². The van der Waals surface area contributed by atoms with E-state index < -0.39 is 17.8 Å². The van der Waals surface area contributed by atoms with Crippen LogP contribution in [0.3, 0.4) is 0 Å². The predicted octanol–water partition coefficient (Wildman–Crippen LogP) is 5.01. The Labute approximate surface area is 191 Å². The zero-order valence-electron chi connectivity index (χ0n) is 17.7. The van der Waals surface area contributed by atoms with Crippen LogP contribution in [-0.4, -0.2) is 41.5 Å². The fourth-order valence-corrected chi connectivity index (χ4v) is 4.70. The van der Waals surface area contributed by atoms with Crippen LogP contribution in [0.1, 0.15) is 29.3 Å². The van der Waals surface area contributed by atoms with Crippen molar-refractivity contribution < 1.29 is 23.1 Å². The predicted molar refractivity (Wildman–Crippen MR) is 121 cm³/mol. The molecule has 3 heterocycles. The summed E-state index contributed by atoms with van der Waals surface area (Å²) in [5, 5.41) is 16.1. The number of anilines is 2. The highest BCUT2D eigenvalue weighted by Crippen LogP contribution is 2.34. The number of carbonyl (C=O) groups excluding carboxylic acids is 1. The molecule has 0 aliphatic carbocycles. The van der Waals surface area contributed by atoms with E-state index in [9.17, 15) is 23.1 Å². The summed E-state index contributed by atoms with van der Waals surface area (Å²) >= 11 is 3.06. The lowest BCUT2D eigenvalue weighted by Gasteiger charge is -2.38. The second-order valence-electron chi connectivity index (χ2n) is 7.28. The molecule has 2 N–H and O–H groups in total. The zero-order chi connectivity index (χ0) is 23.5. The van der Waals surface area contributed by atoms with Crippen LogP contribution in [-0.2, 0) is 11.0 Å². The van der Waals surface area contributed by atoms with Gasteiger partial charge in [-0.25, -0.2) is 9.97 Å². The van der Waals surface area contributed by atoms with Gasteiger partial charge in [0.05, 0.1) is 21.8 Å². The fourth-order valence-electron chi connectivity index (χ4n) is 3.00. The van der Waals surface area contributed by atoms with Crippen LogP contribution >= 0.6 is 22.7 Å². The summed E-state index contributed by atoms with van der Waals surface area (Å²) in [7, 11) is 1.85. The fraction of sp³-hybridized carbons (Fsp3) is 0.381. The number of carbonyl (C=O) groups is 1. The van der Waals surface area contributed by atoms with E-state index in [4.69, 9.17) is 0 Å². The van der Waals surface area contributed by atoms with Crippen LogP contribution in [0.25, 0.3) is 10.6 Å². The Morgan fingerprint density at radius 2 is 1.91 bits per heavy atom. The highest BCUT2D eigenvalue weighted by Gasteiger charge is 2.31. The minimum atomic E-state index is -4.29. The molecule has 32 heavy (non-hydrogen) atoms. The van der Waals surface area contributed by atoms with Crippen molar-refractivity contribution in [2.75, 3.05) is 30.4 Å². The van der Waals surface area contributed by atoms with Gasteiger partial charge in [-0.05, 0) is 38.1 Å². The Morgan fingerprint density at radius 1 is 1.25 bits per heavy atom. The molecule has 1 aromatic carbocycles. The number of aliphatic hydroxyl groups excluding tert-OH is 1. The third-order valence-electron chi connectivity index (χ3n) is 4.78. The summed E-state index contributed by atoms with van der Waals surface area (Å²) in [5.74, 6) is 0.0160. The molecule has 1 aliphatic heterocycles. The molecule has 4 rings (SSSR count). The first-order valence-corrected chi connectivity index (χ1v) is 11.5. The smallest absolute Gasteiger partial charge is 0.386 e. The lowest BCUT2D eigenvalue weighted by molar-refractivity contribution is -0.137. The number of thiazole rings is 2. The molecule has 0 bridgehead atoms. The maximum Gasteiger partial charge on any atom is 0.416 e. The molecule has 1 saturated heterocycles. The number of hydrogen-bond acceptors (Lipinski definition) is 8. The molecule has 1 atom stereocenters. The highest BCUT2D eigenvalue weighted by molar-refractivity contribution is 7.16. The van der Waals surface area contributed by atoms with E-state index in [-0.39, 0.29) is 5.92 Å². The minimum Gasteiger partial charge on any atom is -0.386 e. The molecule has 3 aromatic rings. The van der Waals surface area contributed by atoms with Gasteiger partial charge in [0.15, 0.2) is 5.13 Å². The molecule has 11 heteroatoms. The lowest BCUT2D eigenvalue weighted by atomic mass is 10.0. The second kappa shape index (κ2) is 9.97. The van der Waals surface area contributed by atoms with Gasteiger partial charge >= 0.3 is 6.18 Å². The highest BCUT2D eigenvalue weighted by atomic mass is 32.1. The average molecular weight is 485 g/mol. The number of alkyl halides is 3. The zero-order valence-corrected chi connectivity index (χ0v) is 19.3. The quantitative estimate of drug-likeness (QED) is 0.496. The van der Waals surface area contributed by atoms with Gasteiger partial charge in [-0.2, -0.15) is 13.2 Å². The van der Waals surface area contributed by atoms with Crippen molar-refractivity contribution in [2.24, 2.45) is 5.92 Å². The topological polar surface area (TPSA) is 78.4 Å². The van der Waals surface area contributed by atoms with Crippen LogP contribution in [0.4, 0.5) is 24.0 Å². The molecule has 2 aromatic heterocycles.